The Bertz CT molecular complexity index is 395. The van der Waals surface area contributed by atoms with Crippen LogP contribution in [-0.4, -0.2) is 32.4 Å². The van der Waals surface area contributed by atoms with Crippen LogP contribution in [0.4, 0.5) is 0 Å². The van der Waals surface area contributed by atoms with Crippen molar-refractivity contribution < 1.29 is 14.2 Å². The maximum absolute atomic E-state index is 5.97. The minimum Gasteiger partial charge on any atom is -0.496 e. The normalized spacial score (nSPS) is 21.7. The molecule has 1 aromatic rings. The van der Waals surface area contributed by atoms with E-state index >= 15 is 0 Å². The number of ether oxygens (including phenoxy) is 3. The molecule has 1 N–H and O–H groups in total. The van der Waals surface area contributed by atoms with Gasteiger partial charge in [0.05, 0.1) is 14.2 Å². The maximum atomic E-state index is 5.97. The summed E-state index contributed by atoms with van der Waals surface area (Å²) in [6.45, 7) is 5.23. The molecule has 0 aromatic heterocycles. The molecule has 0 radical (unpaired) electrons. The van der Waals surface area contributed by atoms with Gasteiger partial charge in [0.25, 0.3) is 0 Å². The van der Waals surface area contributed by atoms with Gasteiger partial charge in [0.1, 0.15) is 23.4 Å². The van der Waals surface area contributed by atoms with E-state index in [0.29, 0.717) is 0 Å². The molecule has 0 bridgehead atoms. The molecule has 4 heteroatoms. The summed E-state index contributed by atoms with van der Waals surface area (Å²) in [6, 6.07) is 5.60. The van der Waals surface area contributed by atoms with Crippen molar-refractivity contribution in [2.75, 3.05) is 20.8 Å². The van der Waals surface area contributed by atoms with Crippen molar-refractivity contribution in [1.82, 2.24) is 5.32 Å². The van der Waals surface area contributed by atoms with Gasteiger partial charge in [-0.2, -0.15) is 0 Å². The van der Waals surface area contributed by atoms with Crippen molar-refractivity contribution in [1.29, 1.82) is 0 Å². The molecule has 1 unspecified atom stereocenters. The Morgan fingerprint density at radius 1 is 1.06 bits per heavy atom. The molecule has 1 atom stereocenters. The van der Waals surface area contributed by atoms with E-state index < -0.39 is 0 Å². The van der Waals surface area contributed by atoms with E-state index in [1.807, 2.05) is 18.2 Å². The van der Waals surface area contributed by atoms with Gasteiger partial charge in [-0.15, -0.1) is 0 Å². The first-order chi connectivity index (χ1) is 8.52. The number of benzene rings is 1. The van der Waals surface area contributed by atoms with Gasteiger partial charge < -0.3 is 19.5 Å². The number of nitrogens with one attached hydrogen (secondary N) is 1. The van der Waals surface area contributed by atoms with E-state index in [4.69, 9.17) is 14.2 Å². The first kappa shape index (κ1) is 13.0. The Labute approximate surface area is 108 Å². The molecule has 1 fully saturated rings. The van der Waals surface area contributed by atoms with Crippen LogP contribution < -0.4 is 19.5 Å². The molecular weight excluding hydrogens is 230 g/mol. The second-order valence-electron chi connectivity index (χ2n) is 5.26. The molecule has 100 valence electrons. The fourth-order valence-corrected chi connectivity index (χ4v) is 2.23. The van der Waals surface area contributed by atoms with Gasteiger partial charge in [0.15, 0.2) is 0 Å². The van der Waals surface area contributed by atoms with Crippen LogP contribution in [0.1, 0.15) is 20.3 Å². The third-order valence-corrected chi connectivity index (χ3v) is 3.17. The third-order valence-electron chi connectivity index (χ3n) is 3.17. The Morgan fingerprint density at radius 3 is 2.06 bits per heavy atom. The van der Waals surface area contributed by atoms with Gasteiger partial charge in [-0.3, -0.25) is 0 Å². The molecule has 1 saturated heterocycles. The van der Waals surface area contributed by atoms with Crippen molar-refractivity contribution >= 4 is 0 Å². The number of rotatable bonds is 4. The van der Waals surface area contributed by atoms with Crippen molar-refractivity contribution in [3.8, 4) is 17.2 Å². The molecule has 18 heavy (non-hydrogen) atoms. The second-order valence-corrected chi connectivity index (χ2v) is 5.26. The zero-order valence-corrected chi connectivity index (χ0v) is 11.4. The highest BCUT2D eigenvalue weighted by Crippen LogP contribution is 2.30. The highest BCUT2D eigenvalue weighted by Gasteiger charge is 2.31. The molecule has 0 saturated carbocycles. The van der Waals surface area contributed by atoms with E-state index in [-0.39, 0.29) is 11.6 Å². The molecule has 2 rings (SSSR count). The van der Waals surface area contributed by atoms with E-state index in [9.17, 15) is 0 Å². The Kier molecular flexibility index (Phi) is 3.66. The highest BCUT2D eigenvalue weighted by atomic mass is 16.5. The minimum atomic E-state index is 0.146. The van der Waals surface area contributed by atoms with Gasteiger partial charge in [0.2, 0.25) is 0 Å². The second kappa shape index (κ2) is 5.06. The zero-order valence-electron chi connectivity index (χ0n) is 11.4. The largest absolute Gasteiger partial charge is 0.496 e. The Balaban J connectivity index is 2.09. The predicted molar refractivity (Wildman–Crippen MR) is 70.7 cm³/mol. The number of methoxy groups -OCH3 is 2. The quantitative estimate of drug-likeness (QED) is 0.890. The monoisotopic (exact) mass is 251 g/mol. The molecule has 1 aliphatic heterocycles. The molecule has 0 spiro atoms. The van der Waals surface area contributed by atoms with Crippen molar-refractivity contribution in [3.05, 3.63) is 18.2 Å². The summed E-state index contributed by atoms with van der Waals surface area (Å²) in [4.78, 5) is 0. The summed E-state index contributed by atoms with van der Waals surface area (Å²) in [6.07, 6.45) is 1.18. The van der Waals surface area contributed by atoms with Gasteiger partial charge >= 0.3 is 0 Å². The van der Waals surface area contributed by atoms with E-state index in [0.717, 1.165) is 30.2 Å². The maximum Gasteiger partial charge on any atom is 0.127 e. The van der Waals surface area contributed by atoms with Crippen LogP contribution in [0.5, 0.6) is 17.2 Å². The number of hydrogen-bond donors (Lipinski definition) is 1. The summed E-state index contributed by atoms with van der Waals surface area (Å²) < 4.78 is 16.4. The van der Waals surface area contributed by atoms with Crippen LogP contribution in [0, 0.1) is 0 Å². The third kappa shape index (κ3) is 3.07. The summed E-state index contributed by atoms with van der Waals surface area (Å²) in [5, 5.41) is 3.44. The molecular formula is C14H21NO3. The smallest absolute Gasteiger partial charge is 0.127 e. The van der Waals surface area contributed by atoms with Gasteiger partial charge in [-0.1, -0.05) is 0 Å². The Morgan fingerprint density at radius 2 is 1.61 bits per heavy atom. The van der Waals surface area contributed by atoms with Crippen LogP contribution >= 0.6 is 0 Å². The van der Waals surface area contributed by atoms with Crippen molar-refractivity contribution in [3.63, 3.8) is 0 Å². The average molecular weight is 251 g/mol. The van der Waals surface area contributed by atoms with Gasteiger partial charge in [-0.25, -0.2) is 0 Å². The van der Waals surface area contributed by atoms with Crippen LogP contribution in [-0.2, 0) is 0 Å². The topological polar surface area (TPSA) is 39.7 Å². The van der Waals surface area contributed by atoms with Crippen LogP contribution in [0.3, 0.4) is 0 Å². The van der Waals surface area contributed by atoms with Crippen LogP contribution in [0.25, 0.3) is 0 Å². The molecule has 0 aliphatic carbocycles. The lowest BCUT2D eigenvalue weighted by atomic mass is 10.0. The first-order valence-electron chi connectivity index (χ1n) is 6.17. The summed E-state index contributed by atoms with van der Waals surface area (Å²) in [5.74, 6) is 2.28. The molecule has 1 aromatic carbocycles. The standard InChI is InChI=1S/C14H21NO3/c1-14(2)8-13(9-15-14)18-12-6-10(16-3)5-11(7-12)17-4/h5-7,13,15H,8-9H2,1-4H3. The highest BCUT2D eigenvalue weighted by molar-refractivity contribution is 5.42. The predicted octanol–water partition coefficient (Wildman–Crippen LogP) is 2.22. The van der Waals surface area contributed by atoms with E-state index in [1.54, 1.807) is 14.2 Å². The molecule has 1 heterocycles. The fraction of sp³-hybridized carbons (Fsp3) is 0.571. The van der Waals surface area contributed by atoms with E-state index in [2.05, 4.69) is 19.2 Å². The summed E-state index contributed by atoms with van der Waals surface area (Å²) in [5.41, 5.74) is 0.146. The van der Waals surface area contributed by atoms with Crippen LogP contribution in [0.15, 0.2) is 18.2 Å². The van der Waals surface area contributed by atoms with E-state index in [1.165, 1.54) is 0 Å². The van der Waals surface area contributed by atoms with Crippen molar-refractivity contribution in [2.45, 2.75) is 31.9 Å². The summed E-state index contributed by atoms with van der Waals surface area (Å²) in [7, 11) is 3.28. The molecule has 1 aliphatic rings. The molecule has 0 amide bonds. The lowest BCUT2D eigenvalue weighted by Gasteiger charge is -2.18. The SMILES string of the molecule is COc1cc(OC)cc(OC2CNC(C)(C)C2)c1. The van der Waals surface area contributed by atoms with Gasteiger partial charge in [-0.05, 0) is 13.8 Å². The Hall–Kier alpha value is -1.42. The van der Waals surface area contributed by atoms with Crippen LogP contribution in [0.2, 0.25) is 0 Å². The average Bonchev–Trinajstić information content (AvgIpc) is 2.68. The van der Waals surface area contributed by atoms with Gasteiger partial charge in [0, 0.05) is 36.7 Å². The fourth-order valence-electron chi connectivity index (χ4n) is 2.23. The zero-order chi connectivity index (χ0) is 13.2. The van der Waals surface area contributed by atoms with Crippen molar-refractivity contribution in [2.24, 2.45) is 0 Å². The summed E-state index contributed by atoms with van der Waals surface area (Å²) >= 11 is 0. The number of hydrogen-bond acceptors (Lipinski definition) is 4. The lowest BCUT2D eigenvalue weighted by Crippen LogP contribution is -2.31. The lowest BCUT2D eigenvalue weighted by molar-refractivity contribution is 0.212. The first-order valence-corrected chi connectivity index (χ1v) is 6.17. The molecule has 4 nitrogen and oxygen atoms in total. The minimum absolute atomic E-state index is 0.146.